The van der Waals surface area contributed by atoms with Gasteiger partial charge in [-0.25, -0.2) is 17.9 Å². The van der Waals surface area contributed by atoms with Gasteiger partial charge in [-0.3, -0.25) is 4.98 Å². The molecule has 264 valence electrons. The van der Waals surface area contributed by atoms with Crippen molar-refractivity contribution in [2.75, 3.05) is 32.6 Å². The SMILES string of the molecule is CCCCCCCCCCCCCCCCCCNC(=O)OCC(CNS(=O)(=O)CCCCc1nccc2ccccc12)OC.Cl. The number of hydrogen-bond donors (Lipinski definition) is 2. The number of benzene rings is 1. The van der Waals surface area contributed by atoms with Crippen molar-refractivity contribution >= 4 is 39.3 Å². The predicted molar refractivity (Wildman–Crippen MR) is 193 cm³/mol. The number of unbranched alkanes of at least 4 members (excludes halogenated alkanes) is 16. The first-order chi connectivity index (χ1) is 21.9. The first-order valence-electron chi connectivity index (χ1n) is 17.7. The Morgan fingerprint density at radius 3 is 2.00 bits per heavy atom. The van der Waals surface area contributed by atoms with Crippen molar-refractivity contribution in [2.24, 2.45) is 0 Å². The molecule has 2 N–H and O–H groups in total. The van der Waals surface area contributed by atoms with Crippen molar-refractivity contribution < 1.29 is 22.7 Å². The number of halogens is 1. The lowest BCUT2D eigenvalue weighted by atomic mass is 10.0. The molecule has 1 atom stereocenters. The minimum Gasteiger partial charge on any atom is -0.447 e. The summed E-state index contributed by atoms with van der Waals surface area (Å²) in [5, 5.41) is 5.03. The second-order valence-corrected chi connectivity index (χ2v) is 14.2. The number of aromatic nitrogens is 1. The predicted octanol–water partition coefficient (Wildman–Crippen LogP) is 8.90. The van der Waals surface area contributed by atoms with E-state index in [1.807, 2.05) is 24.3 Å². The molecule has 8 nitrogen and oxygen atoms in total. The van der Waals surface area contributed by atoms with Crippen LogP contribution in [0.4, 0.5) is 4.79 Å². The normalized spacial score (nSPS) is 12.1. The smallest absolute Gasteiger partial charge is 0.407 e. The quantitative estimate of drug-likeness (QED) is 0.0868. The van der Waals surface area contributed by atoms with E-state index in [0.29, 0.717) is 13.0 Å². The maximum absolute atomic E-state index is 12.5. The van der Waals surface area contributed by atoms with E-state index in [4.69, 9.17) is 9.47 Å². The fraction of sp³-hybridized carbons (Fsp3) is 0.722. The van der Waals surface area contributed by atoms with Gasteiger partial charge >= 0.3 is 6.09 Å². The summed E-state index contributed by atoms with van der Waals surface area (Å²) in [4.78, 5) is 16.5. The molecule has 10 heteroatoms. The number of carbonyl (C=O) groups excluding carboxylic acids is 1. The maximum Gasteiger partial charge on any atom is 0.407 e. The van der Waals surface area contributed by atoms with Gasteiger partial charge in [-0.05, 0) is 37.1 Å². The largest absolute Gasteiger partial charge is 0.447 e. The van der Waals surface area contributed by atoms with E-state index in [-0.39, 0.29) is 31.3 Å². The Morgan fingerprint density at radius 1 is 0.804 bits per heavy atom. The third kappa shape index (κ3) is 20.3. The summed E-state index contributed by atoms with van der Waals surface area (Å²) in [5.41, 5.74) is 0.989. The summed E-state index contributed by atoms with van der Waals surface area (Å²) in [6.07, 6.45) is 23.7. The van der Waals surface area contributed by atoms with E-state index >= 15 is 0 Å². The van der Waals surface area contributed by atoms with Crippen LogP contribution in [0.5, 0.6) is 0 Å². The van der Waals surface area contributed by atoms with Crippen LogP contribution in [0.1, 0.15) is 128 Å². The Kier molecular flexibility index (Phi) is 24.8. The van der Waals surface area contributed by atoms with Crippen LogP contribution >= 0.6 is 12.4 Å². The molecule has 1 amide bonds. The lowest BCUT2D eigenvalue weighted by Gasteiger charge is -2.16. The third-order valence-corrected chi connectivity index (χ3v) is 9.83. The Balaban J connectivity index is 0.0000106. The van der Waals surface area contributed by atoms with Gasteiger partial charge in [0.25, 0.3) is 0 Å². The number of nitrogens with zero attached hydrogens (tertiary/aromatic N) is 1. The molecule has 0 spiro atoms. The van der Waals surface area contributed by atoms with Gasteiger partial charge in [0.1, 0.15) is 12.7 Å². The number of fused-ring (bicyclic) bond motifs is 1. The molecule has 1 aromatic carbocycles. The van der Waals surface area contributed by atoms with Gasteiger partial charge in [0.05, 0.1) is 5.75 Å². The highest BCUT2D eigenvalue weighted by molar-refractivity contribution is 7.89. The zero-order valence-corrected chi connectivity index (χ0v) is 30.2. The minimum absolute atomic E-state index is 0. The minimum atomic E-state index is -3.47. The number of rotatable bonds is 28. The molecule has 0 saturated carbocycles. The zero-order chi connectivity index (χ0) is 32.4. The Morgan fingerprint density at radius 2 is 1.39 bits per heavy atom. The van der Waals surface area contributed by atoms with Crippen LogP contribution in [0.15, 0.2) is 36.5 Å². The summed E-state index contributed by atoms with van der Waals surface area (Å²) in [6.45, 7) is 2.88. The monoisotopic (exact) mass is 683 g/mol. The maximum atomic E-state index is 12.5. The average molecular weight is 684 g/mol. The zero-order valence-electron chi connectivity index (χ0n) is 28.6. The van der Waals surface area contributed by atoms with Gasteiger partial charge in [-0.1, -0.05) is 128 Å². The number of carbonyl (C=O) groups is 1. The second-order valence-electron chi connectivity index (χ2n) is 12.3. The summed E-state index contributed by atoms with van der Waals surface area (Å²) in [7, 11) is -1.99. The fourth-order valence-corrected chi connectivity index (χ4v) is 6.72. The summed E-state index contributed by atoms with van der Waals surface area (Å²) >= 11 is 0. The van der Waals surface area contributed by atoms with Crippen molar-refractivity contribution in [2.45, 2.75) is 135 Å². The van der Waals surface area contributed by atoms with Crippen LogP contribution < -0.4 is 10.0 Å². The number of hydrogen-bond acceptors (Lipinski definition) is 6. The molecular formula is C36H62ClN3O5S. The number of methoxy groups -OCH3 is 1. The van der Waals surface area contributed by atoms with E-state index in [0.717, 1.165) is 42.1 Å². The summed E-state index contributed by atoms with van der Waals surface area (Å²) in [6, 6.07) is 10.1. The van der Waals surface area contributed by atoms with E-state index in [9.17, 15) is 13.2 Å². The molecular weight excluding hydrogens is 622 g/mol. The molecule has 1 aromatic heterocycles. The first-order valence-corrected chi connectivity index (χ1v) is 19.3. The highest BCUT2D eigenvalue weighted by Gasteiger charge is 2.16. The Labute approximate surface area is 286 Å². The summed E-state index contributed by atoms with van der Waals surface area (Å²) < 4.78 is 38.1. The van der Waals surface area contributed by atoms with Crippen LogP contribution in [0.2, 0.25) is 0 Å². The molecule has 1 unspecified atom stereocenters. The van der Waals surface area contributed by atoms with E-state index in [1.165, 1.54) is 97.0 Å². The molecule has 0 fully saturated rings. The molecule has 0 aliphatic rings. The van der Waals surface area contributed by atoms with Gasteiger partial charge in [-0.2, -0.15) is 0 Å². The second kappa shape index (κ2) is 27.1. The van der Waals surface area contributed by atoms with Crippen molar-refractivity contribution in [3.05, 3.63) is 42.2 Å². The van der Waals surface area contributed by atoms with Crippen molar-refractivity contribution in [3.8, 4) is 0 Å². The van der Waals surface area contributed by atoms with Crippen LogP contribution in [0.25, 0.3) is 10.8 Å². The van der Waals surface area contributed by atoms with Gasteiger partial charge < -0.3 is 14.8 Å². The Hall–Kier alpha value is -1.94. The van der Waals surface area contributed by atoms with Crippen molar-refractivity contribution in [3.63, 3.8) is 0 Å². The first kappa shape index (κ1) is 42.1. The van der Waals surface area contributed by atoms with E-state index in [1.54, 1.807) is 6.20 Å². The number of aryl methyl sites for hydroxylation is 1. The number of nitrogens with one attached hydrogen (secondary N) is 2. The van der Waals surface area contributed by atoms with E-state index < -0.39 is 22.2 Å². The topological polar surface area (TPSA) is 107 Å². The lowest BCUT2D eigenvalue weighted by molar-refractivity contribution is 0.0384. The molecule has 0 radical (unpaired) electrons. The van der Waals surface area contributed by atoms with E-state index in [2.05, 4.69) is 28.0 Å². The van der Waals surface area contributed by atoms with Crippen LogP contribution in [0, 0.1) is 0 Å². The van der Waals surface area contributed by atoms with Gasteiger partial charge in [0.15, 0.2) is 0 Å². The number of alkyl carbamates (subject to hydrolysis) is 1. The Bertz CT molecular complexity index is 1150. The van der Waals surface area contributed by atoms with Crippen LogP contribution in [-0.2, 0) is 25.9 Å². The van der Waals surface area contributed by atoms with Gasteiger partial charge in [0, 0.05) is 37.5 Å². The average Bonchev–Trinajstić information content (AvgIpc) is 3.04. The lowest BCUT2D eigenvalue weighted by Crippen LogP contribution is -2.38. The fourth-order valence-electron chi connectivity index (χ4n) is 5.55. The van der Waals surface area contributed by atoms with Crippen LogP contribution in [0.3, 0.4) is 0 Å². The molecule has 46 heavy (non-hydrogen) atoms. The molecule has 1 heterocycles. The molecule has 0 bridgehead atoms. The summed E-state index contributed by atoms with van der Waals surface area (Å²) in [5.74, 6) is 0.0227. The third-order valence-electron chi connectivity index (χ3n) is 8.40. The van der Waals surface area contributed by atoms with Gasteiger partial charge in [-0.15, -0.1) is 12.4 Å². The number of amides is 1. The highest BCUT2D eigenvalue weighted by Crippen LogP contribution is 2.18. The van der Waals surface area contributed by atoms with Crippen molar-refractivity contribution in [1.82, 2.24) is 15.0 Å². The molecule has 0 saturated heterocycles. The molecule has 0 aliphatic carbocycles. The number of ether oxygens (including phenoxy) is 2. The standard InChI is InChI=1S/C36H61N3O5S.ClH/c1-3-4-5-6-7-8-9-10-11-12-13-14-15-16-17-21-27-38-36(40)44-31-33(43-2)30-39-45(41,42)29-22-20-25-35-34-24-19-18-23-32(34)26-28-37-35;/h18-19,23-24,26,28,33,39H,3-17,20-22,25,27,29-31H2,1-2H3,(H,38,40);1H. The van der Waals surface area contributed by atoms with Crippen LogP contribution in [-0.4, -0.2) is 58.2 Å². The molecule has 2 rings (SSSR count). The number of pyridine rings is 1. The molecule has 2 aromatic rings. The highest BCUT2D eigenvalue weighted by atomic mass is 35.5. The van der Waals surface area contributed by atoms with Crippen molar-refractivity contribution in [1.29, 1.82) is 0 Å². The number of sulfonamides is 1. The molecule has 0 aliphatic heterocycles. The van der Waals surface area contributed by atoms with Gasteiger partial charge in [0.2, 0.25) is 10.0 Å².